The van der Waals surface area contributed by atoms with E-state index in [0.717, 1.165) is 22.3 Å². The second-order valence-electron chi connectivity index (χ2n) is 8.04. The van der Waals surface area contributed by atoms with Crippen molar-refractivity contribution in [2.24, 2.45) is 0 Å². The van der Waals surface area contributed by atoms with E-state index in [4.69, 9.17) is 4.74 Å². The summed E-state index contributed by atoms with van der Waals surface area (Å²) in [5.41, 5.74) is 2.65. The number of carbonyl (C=O) groups is 1. The zero-order valence-corrected chi connectivity index (χ0v) is 17.9. The second-order valence-corrected chi connectivity index (χ2v) is 8.04. The van der Waals surface area contributed by atoms with Crippen LogP contribution in [0, 0.1) is 5.82 Å². The van der Waals surface area contributed by atoms with Gasteiger partial charge in [-0.3, -0.25) is 4.79 Å². The number of amides is 1. The summed E-state index contributed by atoms with van der Waals surface area (Å²) >= 11 is 0. The van der Waals surface area contributed by atoms with Gasteiger partial charge in [0, 0.05) is 31.6 Å². The standard InChI is InChI=1S/C26H25FN2O3/c1-3-14-26(22-9-11-23(27)12-10-22)15-16-29(25(31)32-26)18(2)19-4-6-20(7-5-19)21-8-13-24(30)28-17-21/h3-13,17-18H,1,14-16H2,2H3,(H,28,30). The van der Waals surface area contributed by atoms with Gasteiger partial charge in [0.05, 0.1) is 6.04 Å². The first-order valence-corrected chi connectivity index (χ1v) is 10.6. The molecule has 1 amide bonds. The highest BCUT2D eigenvalue weighted by molar-refractivity contribution is 5.70. The summed E-state index contributed by atoms with van der Waals surface area (Å²) in [6.07, 6.45) is 4.04. The minimum Gasteiger partial charge on any atom is -0.437 e. The number of hydrogen-bond donors (Lipinski definition) is 1. The molecule has 1 saturated heterocycles. The number of halogens is 1. The van der Waals surface area contributed by atoms with Crippen molar-refractivity contribution in [2.75, 3.05) is 6.54 Å². The van der Waals surface area contributed by atoms with Gasteiger partial charge in [-0.1, -0.05) is 42.5 Å². The van der Waals surface area contributed by atoms with Crippen LogP contribution in [0.2, 0.25) is 0 Å². The fourth-order valence-electron chi connectivity index (χ4n) is 4.20. The van der Waals surface area contributed by atoms with Crippen molar-refractivity contribution >= 4 is 6.09 Å². The molecule has 0 saturated carbocycles. The highest BCUT2D eigenvalue weighted by atomic mass is 19.1. The van der Waals surface area contributed by atoms with Gasteiger partial charge in [0.1, 0.15) is 11.4 Å². The lowest BCUT2D eigenvalue weighted by Crippen LogP contribution is -2.48. The number of pyridine rings is 1. The summed E-state index contributed by atoms with van der Waals surface area (Å²) in [6, 6.07) is 17.1. The predicted octanol–water partition coefficient (Wildman–Crippen LogP) is 5.56. The number of rotatable bonds is 6. The first-order valence-electron chi connectivity index (χ1n) is 10.6. The van der Waals surface area contributed by atoms with E-state index in [1.165, 1.54) is 18.2 Å². The molecule has 0 radical (unpaired) electrons. The average Bonchev–Trinajstić information content (AvgIpc) is 2.80. The molecule has 2 unspecified atom stereocenters. The van der Waals surface area contributed by atoms with E-state index in [1.54, 1.807) is 35.4 Å². The molecule has 164 valence electrons. The molecule has 1 N–H and O–H groups in total. The van der Waals surface area contributed by atoms with Gasteiger partial charge in [-0.25, -0.2) is 9.18 Å². The summed E-state index contributed by atoms with van der Waals surface area (Å²) in [5.74, 6) is -0.329. The minimum atomic E-state index is -0.836. The normalized spacial score (nSPS) is 19.3. The van der Waals surface area contributed by atoms with Crippen LogP contribution in [0.5, 0.6) is 0 Å². The van der Waals surface area contributed by atoms with Crippen LogP contribution in [-0.2, 0) is 10.3 Å². The number of aromatic amines is 1. The Morgan fingerprint density at radius 2 is 1.78 bits per heavy atom. The molecule has 2 heterocycles. The van der Waals surface area contributed by atoms with E-state index in [1.807, 2.05) is 31.2 Å². The van der Waals surface area contributed by atoms with Crippen LogP contribution in [0.3, 0.4) is 0 Å². The molecule has 4 rings (SSSR count). The number of carbonyl (C=O) groups excluding carboxylic acids is 1. The zero-order chi connectivity index (χ0) is 22.7. The Labute approximate surface area is 186 Å². The number of nitrogens with zero attached hydrogens (tertiary/aromatic N) is 1. The maximum absolute atomic E-state index is 13.4. The molecule has 1 aromatic heterocycles. The zero-order valence-electron chi connectivity index (χ0n) is 17.9. The number of H-pyrrole nitrogens is 1. The van der Waals surface area contributed by atoms with Gasteiger partial charge < -0.3 is 14.6 Å². The minimum absolute atomic E-state index is 0.143. The van der Waals surface area contributed by atoms with Crippen molar-refractivity contribution < 1.29 is 13.9 Å². The van der Waals surface area contributed by atoms with Gasteiger partial charge in [0.15, 0.2) is 0 Å². The van der Waals surface area contributed by atoms with Crippen LogP contribution in [0.15, 0.2) is 84.3 Å². The quantitative estimate of drug-likeness (QED) is 0.519. The van der Waals surface area contributed by atoms with Gasteiger partial charge in [0.2, 0.25) is 5.56 Å². The SMILES string of the molecule is C=CCC1(c2ccc(F)cc2)CCN(C(C)c2ccc(-c3ccc(=O)[nH]c3)cc2)C(=O)O1. The maximum Gasteiger partial charge on any atom is 0.411 e. The van der Waals surface area contributed by atoms with Crippen LogP contribution in [0.4, 0.5) is 9.18 Å². The first kappa shape index (κ1) is 21.6. The Bertz CT molecular complexity index is 1150. The highest BCUT2D eigenvalue weighted by Crippen LogP contribution is 2.40. The molecular weight excluding hydrogens is 407 g/mol. The van der Waals surface area contributed by atoms with Crippen LogP contribution < -0.4 is 5.56 Å². The van der Waals surface area contributed by atoms with Gasteiger partial charge in [0.25, 0.3) is 0 Å². The largest absolute Gasteiger partial charge is 0.437 e. The Morgan fingerprint density at radius 1 is 1.09 bits per heavy atom. The van der Waals surface area contributed by atoms with Gasteiger partial charge >= 0.3 is 6.09 Å². The molecule has 5 nitrogen and oxygen atoms in total. The van der Waals surface area contributed by atoms with Crippen molar-refractivity contribution in [3.8, 4) is 11.1 Å². The van der Waals surface area contributed by atoms with Crippen molar-refractivity contribution in [3.63, 3.8) is 0 Å². The number of hydrogen-bond acceptors (Lipinski definition) is 3. The Morgan fingerprint density at radius 3 is 2.38 bits per heavy atom. The van der Waals surface area contributed by atoms with E-state index in [9.17, 15) is 14.0 Å². The summed E-state index contributed by atoms with van der Waals surface area (Å²) in [7, 11) is 0. The number of nitrogens with one attached hydrogen (secondary N) is 1. The van der Waals surface area contributed by atoms with Gasteiger partial charge in [-0.05, 0) is 47.4 Å². The third kappa shape index (κ3) is 4.21. The molecule has 1 aliphatic heterocycles. The molecule has 1 fully saturated rings. The number of benzene rings is 2. The second kappa shape index (κ2) is 8.83. The lowest BCUT2D eigenvalue weighted by atomic mass is 9.85. The summed E-state index contributed by atoms with van der Waals surface area (Å²) in [6.45, 7) is 6.28. The van der Waals surface area contributed by atoms with Crippen molar-refractivity contribution in [3.05, 3.63) is 107 Å². The monoisotopic (exact) mass is 432 g/mol. The third-order valence-corrected chi connectivity index (χ3v) is 6.10. The van der Waals surface area contributed by atoms with E-state index >= 15 is 0 Å². The summed E-state index contributed by atoms with van der Waals surface area (Å²) in [5, 5.41) is 0. The van der Waals surface area contributed by atoms with Crippen LogP contribution in [0.25, 0.3) is 11.1 Å². The molecule has 2 atom stereocenters. The van der Waals surface area contributed by atoms with E-state index < -0.39 is 11.7 Å². The first-order chi connectivity index (χ1) is 15.4. The van der Waals surface area contributed by atoms with E-state index in [2.05, 4.69) is 11.6 Å². The smallest absolute Gasteiger partial charge is 0.411 e. The molecular formula is C26H25FN2O3. The summed E-state index contributed by atoms with van der Waals surface area (Å²) < 4.78 is 19.4. The molecule has 0 spiro atoms. The predicted molar refractivity (Wildman–Crippen MR) is 122 cm³/mol. The highest BCUT2D eigenvalue weighted by Gasteiger charge is 2.42. The summed E-state index contributed by atoms with van der Waals surface area (Å²) in [4.78, 5) is 28.7. The topological polar surface area (TPSA) is 62.4 Å². The number of aromatic nitrogens is 1. The van der Waals surface area contributed by atoms with Crippen LogP contribution in [-0.4, -0.2) is 22.5 Å². The van der Waals surface area contributed by atoms with E-state index in [0.29, 0.717) is 19.4 Å². The number of ether oxygens (including phenoxy) is 1. The molecule has 1 aliphatic rings. The molecule has 3 aromatic rings. The molecule has 0 bridgehead atoms. The van der Waals surface area contributed by atoms with Crippen LogP contribution in [0.1, 0.15) is 36.9 Å². The number of cyclic esters (lactones) is 1. The van der Waals surface area contributed by atoms with E-state index in [-0.39, 0.29) is 17.4 Å². The fourth-order valence-corrected chi connectivity index (χ4v) is 4.20. The van der Waals surface area contributed by atoms with Crippen molar-refractivity contribution in [2.45, 2.75) is 31.4 Å². The van der Waals surface area contributed by atoms with Gasteiger partial charge in [-0.2, -0.15) is 0 Å². The van der Waals surface area contributed by atoms with Crippen molar-refractivity contribution in [1.29, 1.82) is 0 Å². The molecule has 6 heteroatoms. The lowest BCUT2D eigenvalue weighted by molar-refractivity contribution is -0.0588. The Hall–Kier alpha value is -3.67. The molecule has 0 aliphatic carbocycles. The molecule has 32 heavy (non-hydrogen) atoms. The Kier molecular flexibility index (Phi) is 5.95. The Balaban J connectivity index is 1.52. The fraction of sp³-hybridized carbons (Fsp3) is 0.231. The lowest BCUT2D eigenvalue weighted by Gasteiger charge is -2.43. The average molecular weight is 432 g/mol. The van der Waals surface area contributed by atoms with Crippen LogP contribution >= 0.6 is 0 Å². The third-order valence-electron chi connectivity index (χ3n) is 6.10. The van der Waals surface area contributed by atoms with Gasteiger partial charge in [-0.15, -0.1) is 6.58 Å². The molecule has 2 aromatic carbocycles. The van der Waals surface area contributed by atoms with Crippen molar-refractivity contribution in [1.82, 2.24) is 9.88 Å². The maximum atomic E-state index is 13.4.